The molecule has 0 saturated heterocycles. The molecule has 0 spiro atoms. The maximum Gasteiger partial charge on any atom is 0.164 e. The van der Waals surface area contributed by atoms with Crippen LogP contribution in [0.2, 0.25) is 0 Å². The first-order valence-corrected chi connectivity index (χ1v) is 4.92. The Balaban J connectivity index is 2.41. The first kappa shape index (κ1) is 9.19. The van der Waals surface area contributed by atoms with Gasteiger partial charge in [0, 0.05) is 12.5 Å². The molecule has 0 saturated carbocycles. The normalized spacial score (nSPS) is 14.9. The molecule has 0 aliphatic carbocycles. The monoisotopic (exact) mass is 194 g/mol. The van der Waals surface area contributed by atoms with Gasteiger partial charge in [0.2, 0.25) is 0 Å². The Morgan fingerprint density at radius 1 is 1.21 bits per heavy atom. The van der Waals surface area contributed by atoms with Crippen LogP contribution in [0, 0.1) is 0 Å². The van der Waals surface area contributed by atoms with E-state index in [4.69, 9.17) is 9.47 Å². The Labute approximate surface area is 83.3 Å². The van der Waals surface area contributed by atoms with E-state index in [9.17, 15) is 5.11 Å². The van der Waals surface area contributed by atoms with Gasteiger partial charge in [-0.25, -0.2) is 0 Å². The van der Waals surface area contributed by atoms with Gasteiger partial charge in [-0.05, 0) is 18.1 Å². The van der Waals surface area contributed by atoms with Gasteiger partial charge in [0.15, 0.2) is 11.5 Å². The van der Waals surface area contributed by atoms with Crippen LogP contribution in [0.25, 0.3) is 0 Å². The average Bonchev–Trinajstić information content (AvgIpc) is 2.41. The fraction of sp³-hybridized carbons (Fsp3) is 0.455. The Morgan fingerprint density at radius 3 is 2.50 bits per heavy atom. The van der Waals surface area contributed by atoms with Crippen LogP contribution < -0.4 is 9.47 Å². The van der Waals surface area contributed by atoms with Crippen molar-refractivity contribution in [2.24, 2.45) is 0 Å². The third-order valence-corrected chi connectivity index (χ3v) is 2.33. The van der Waals surface area contributed by atoms with Crippen LogP contribution in [0.1, 0.15) is 18.9 Å². The zero-order valence-electron chi connectivity index (χ0n) is 8.25. The number of aryl methyl sites for hydroxylation is 1. The number of hydrogen-bond acceptors (Lipinski definition) is 3. The van der Waals surface area contributed by atoms with E-state index in [2.05, 4.69) is 0 Å². The van der Waals surface area contributed by atoms with Crippen molar-refractivity contribution in [3.05, 3.63) is 17.7 Å². The predicted molar refractivity (Wildman–Crippen MR) is 53.1 cm³/mol. The molecule has 3 nitrogen and oxygen atoms in total. The van der Waals surface area contributed by atoms with Crippen molar-refractivity contribution in [3.63, 3.8) is 0 Å². The minimum Gasteiger partial charge on any atom is -0.508 e. The first-order chi connectivity index (χ1) is 6.81. The molecule has 0 atom stereocenters. The maximum atomic E-state index is 9.62. The lowest BCUT2D eigenvalue weighted by molar-refractivity contribution is 0.296. The zero-order chi connectivity index (χ0) is 9.97. The summed E-state index contributed by atoms with van der Waals surface area (Å²) in [5.41, 5.74) is 0.897. The molecule has 1 aliphatic rings. The second-order valence-corrected chi connectivity index (χ2v) is 3.33. The molecular formula is C11H14O3. The van der Waals surface area contributed by atoms with Gasteiger partial charge in [0.25, 0.3) is 0 Å². The molecule has 14 heavy (non-hydrogen) atoms. The third kappa shape index (κ3) is 1.62. The van der Waals surface area contributed by atoms with Crippen LogP contribution >= 0.6 is 0 Å². The SMILES string of the molecule is CCc1cc2c(cc1O)OCCCO2. The number of fused-ring (bicyclic) bond motifs is 1. The second kappa shape index (κ2) is 3.78. The van der Waals surface area contributed by atoms with Crippen LogP contribution in [-0.2, 0) is 6.42 Å². The molecule has 3 heteroatoms. The van der Waals surface area contributed by atoms with Gasteiger partial charge in [-0.3, -0.25) is 0 Å². The molecule has 76 valence electrons. The lowest BCUT2D eigenvalue weighted by Gasteiger charge is -2.10. The summed E-state index contributed by atoms with van der Waals surface area (Å²) in [7, 11) is 0. The van der Waals surface area contributed by atoms with E-state index in [1.165, 1.54) is 0 Å². The standard InChI is InChI=1S/C11H14O3/c1-2-8-6-10-11(7-9(8)12)14-5-3-4-13-10/h6-7,12H,2-5H2,1H3. The van der Waals surface area contributed by atoms with Crippen LogP contribution in [0.5, 0.6) is 17.2 Å². The van der Waals surface area contributed by atoms with Gasteiger partial charge in [0.1, 0.15) is 5.75 Å². The molecule has 0 fully saturated rings. The number of hydrogen-bond donors (Lipinski definition) is 1. The Hall–Kier alpha value is -1.38. The third-order valence-electron chi connectivity index (χ3n) is 2.33. The minimum atomic E-state index is 0.289. The molecule has 1 heterocycles. The van der Waals surface area contributed by atoms with Crippen molar-refractivity contribution < 1.29 is 14.6 Å². The summed E-state index contributed by atoms with van der Waals surface area (Å²) in [4.78, 5) is 0. The molecule has 2 rings (SSSR count). The largest absolute Gasteiger partial charge is 0.508 e. The van der Waals surface area contributed by atoms with E-state index in [1.54, 1.807) is 6.07 Å². The molecule has 0 bridgehead atoms. The van der Waals surface area contributed by atoms with E-state index in [0.717, 1.165) is 24.2 Å². The van der Waals surface area contributed by atoms with E-state index >= 15 is 0 Å². The van der Waals surface area contributed by atoms with E-state index in [0.29, 0.717) is 19.0 Å². The molecular weight excluding hydrogens is 180 g/mol. The fourth-order valence-corrected chi connectivity index (χ4v) is 1.52. The van der Waals surface area contributed by atoms with Crippen molar-refractivity contribution in [2.45, 2.75) is 19.8 Å². The zero-order valence-corrected chi connectivity index (χ0v) is 8.25. The molecule has 0 radical (unpaired) electrons. The quantitative estimate of drug-likeness (QED) is 0.744. The Kier molecular flexibility index (Phi) is 2.48. The molecule has 1 aromatic carbocycles. The summed E-state index contributed by atoms with van der Waals surface area (Å²) < 4.78 is 11.0. The molecule has 1 aliphatic heterocycles. The van der Waals surface area contributed by atoms with Gasteiger partial charge in [-0.15, -0.1) is 0 Å². The molecule has 0 unspecified atom stereocenters. The van der Waals surface area contributed by atoms with Crippen LogP contribution in [0.15, 0.2) is 12.1 Å². The first-order valence-electron chi connectivity index (χ1n) is 4.92. The van der Waals surface area contributed by atoms with Gasteiger partial charge in [-0.2, -0.15) is 0 Å². The molecule has 1 N–H and O–H groups in total. The van der Waals surface area contributed by atoms with Gasteiger partial charge < -0.3 is 14.6 Å². The molecule has 1 aromatic rings. The predicted octanol–water partition coefficient (Wildman–Crippen LogP) is 2.12. The lowest BCUT2D eigenvalue weighted by Crippen LogP contribution is -1.97. The van der Waals surface area contributed by atoms with Crippen molar-refractivity contribution >= 4 is 0 Å². The Bertz CT molecular complexity index is 334. The Morgan fingerprint density at radius 2 is 1.86 bits per heavy atom. The van der Waals surface area contributed by atoms with Crippen LogP contribution in [0.4, 0.5) is 0 Å². The fourth-order valence-electron chi connectivity index (χ4n) is 1.52. The highest BCUT2D eigenvalue weighted by molar-refractivity contribution is 5.50. The van der Waals surface area contributed by atoms with E-state index in [1.807, 2.05) is 13.0 Å². The van der Waals surface area contributed by atoms with E-state index in [-0.39, 0.29) is 5.75 Å². The second-order valence-electron chi connectivity index (χ2n) is 3.33. The van der Waals surface area contributed by atoms with Crippen molar-refractivity contribution in [1.29, 1.82) is 0 Å². The highest BCUT2D eigenvalue weighted by Gasteiger charge is 2.13. The maximum absolute atomic E-state index is 9.62. The number of phenols is 1. The van der Waals surface area contributed by atoms with E-state index < -0.39 is 0 Å². The minimum absolute atomic E-state index is 0.289. The summed E-state index contributed by atoms with van der Waals surface area (Å²) in [6, 6.07) is 3.50. The summed E-state index contributed by atoms with van der Waals surface area (Å²) >= 11 is 0. The summed E-state index contributed by atoms with van der Waals surface area (Å²) in [6.45, 7) is 3.33. The van der Waals surface area contributed by atoms with Gasteiger partial charge in [-0.1, -0.05) is 6.92 Å². The number of rotatable bonds is 1. The van der Waals surface area contributed by atoms with Crippen molar-refractivity contribution in [1.82, 2.24) is 0 Å². The number of ether oxygens (including phenoxy) is 2. The van der Waals surface area contributed by atoms with Gasteiger partial charge >= 0.3 is 0 Å². The highest BCUT2D eigenvalue weighted by atomic mass is 16.5. The molecule has 0 aromatic heterocycles. The number of aromatic hydroxyl groups is 1. The summed E-state index contributed by atoms with van der Waals surface area (Å²) in [6.07, 6.45) is 1.68. The lowest BCUT2D eigenvalue weighted by atomic mass is 10.1. The smallest absolute Gasteiger partial charge is 0.164 e. The van der Waals surface area contributed by atoms with Gasteiger partial charge in [0.05, 0.1) is 13.2 Å². The summed E-state index contributed by atoms with van der Waals surface area (Å²) in [5, 5.41) is 9.62. The van der Waals surface area contributed by atoms with Crippen molar-refractivity contribution in [3.8, 4) is 17.2 Å². The topological polar surface area (TPSA) is 38.7 Å². The average molecular weight is 194 g/mol. The summed E-state index contributed by atoms with van der Waals surface area (Å²) in [5.74, 6) is 1.69. The number of benzene rings is 1. The van der Waals surface area contributed by atoms with Crippen LogP contribution in [0.3, 0.4) is 0 Å². The highest BCUT2D eigenvalue weighted by Crippen LogP contribution is 2.35. The van der Waals surface area contributed by atoms with Crippen LogP contribution in [-0.4, -0.2) is 18.3 Å². The number of phenolic OH excluding ortho intramolecular Hbond substituents is 1. The molecule has 0 amide bonds. The van der Waals surface area contributed by atoms with Crippen molar-refractivity contribution in [2.75, 3.05) is 13.2 Å².